The summed E-state index contributed by atoms with van der Waals surface area (Å²) in [6.07, 6.45) is 0.794. The maximum absolute atomic E-state index is 13.7. The van der Waals surface area contributed by atoms with Gasteiger partial charge in [0.25, 0.3) is 5.91 Å². The van der Waals surface area contributed by atoms with Gasteiger partial charge in [0, 0.05) is 24.1 Å². The number of rotatable bonds is 2. The van der Waals surface area contributed by atoms with E-state index in [9.17, 15) is 13.6 Å². The van der Waals surface area contributed by atoms with Crippen molar-refractivity contribution in [1.82, 2.24) is 10.2 Å². The summed E-state index contributed by atoms with van der Waals surface area (Å²) in [4.78, 5) is 13.5. The predicted molar refractivity (Wildman–Crippen MR) is 67.4 cm³/mol. The molecule has 0 aliphatic carbocycles. The second-order valence-electron chi connectivity index (χ2n) is 4.31. The van der Waals surface area contributed by atoms with Gasteiger partial charge in [0.15, 0.2) is 0 Å². The Morgan fingerprint density at radius 2 is 2.06 bits per heavy atom. The van der Waals surface area contributed by atoms with Gasteiger partial charge >= 0.3 is 0 Å². The highest BCUT2D eigenvalue weighted by Crippen LogP contribution is 2.21. The summed E-state index contributed by atoms with van der Waals surface area (Å²) in [6, 6.07) is 2.17. The van der Waals surface area contributed by atoms with Crippen molar-refractivity contribution in [3.63, 3.8) is 0 Å². The van der Waals surface area contributed by atoms with Crippen molar-refractivity contribution < 1.29 is 13.6 Å². The third kappa shape index (κ3) is 2.54. The molecule has 0 unspecified atom stereocenters. The lowest BCUT2D eigenvalue weighted by molar-refractivity contribution is 0.0734. The average Bonchev–Trinajstić information content (AvgIpc) is 2.79. The topological polar surface area (TPSA) is 32.3 Å². The van der Waals surface area contributed by atoms with Crippen LogP contribution in [0.2, 0.25) is 0 Å². The molecule has 1 aromatic carbocycles. The zero-order valence-electron chi connectivity index (χ0n) is 9.84. The fraction of sp³-hybridized carbons (Fsp3) is 0.417. The highest BCUT2D eigenvalue weighted by Gasteiger charge is 2.28. The molecule has 2 rings (SSSR count). The Morgan fingerprint density at radius 1 is 1.44 bits per heavy atom. The average molecular weight is 319 g/mol. The Balaban J connectivity index is 2.28. The number of likely N-dealkylation sites (N-methyl/N-ethyl adjacent to an activating group) is 1. The van der Waals surface area contributed by atoms with Gasteiger partial charge in [-0.2, -0.15) is 0 Å². The van der Waals surface area contributed by atoms with E-state index in [2.05, 4.69) is 21.2 Å². The van der Waals surface area contributed by atoms with Crippen LogP contribution in [0.15, 0.2) is 16.6 Å². The third-order valence-electron chi connectivity index (χ3n) is 3.12. The maximum atomic E-state index is 13.7. The lowest BCUT2D eigenvalue weighted by Gasteiger charge is -2.24. The first-order chi connectivity index (χ1) is 8.50. The number of hydrogen-bond donors (Lipinski definition) is 1. The summed E-state index contributed by atoms with van der Waals surface area (Å²) in [5, 5.41) is 3.11. The van der Waals surface area contributed by atoms with Gasteiger partial charge in [0.2, 0.25) is 0 Å². The maximum Gasteiger partial charge on any atom is 0.259 e. The summed E-state index contributed by atoms with van der Waals surface area (Å²) in [5.41, 5.74) is -0.493. The molecule has 3 nitrogen and oxygen atoms in total. The second-order valence-corrected chi connectivity index (χ2v) is 5.22. The van der Waals surface area contributed by atoms with Crippen LogP contribution in [0.4, 0.5) is 8.78 Å². The van der Waals surface area contributed by atoms with Gasteiger partial charge in [-0.15, -0.1) is 0 Å². The van der Waals surface area contributed by atoms with E-state index in [1.165, 1.54) is 4.90 Å². The molecule has 0 aromatic heterocycles. The van der Waals surface area contributed by atoms with Crippen LogP contribution in [0.5, 0.6) is 0 Å². The molecule has 1 amide bonds. The van der Waals surface area contributed by atoms with Crippen LogP contribution < -0.4 is 5.32 Å². The van der Waals surface area contributed by atoms with E-state index < -0.39 is 23.1 Å². The zero-order chi connectivity index (χ0) is 13.3. The minimum atomic E-state index is -0.843. The Bertz CT molecular complexity index is 452. The standard InChI is InChI=1S/C12H13BrF2N2O/c1-17(8-2-3-16-6-8)12(18)11-9(14)4-7(13)5-10(11)15/h4-5,8,16H,2-3,6H2,1H3/t8-/m1/s1. The zero-order valence-corrected chi connectivity index (χ0v) is 11.4. The molecule has 0 saturated carbocycles. The van der Waals surface area contributed by atoms with E-state index in [4.69, 9.17) is 0 Å². The van der Waals surface area contributed by atoms with Crippen LogP contribution in [0.3, 0.4) is 0 Å². The SMILES string of the molecule is CN(C(=O)c1c(F)cc(Br)cc1F)[C@@H]1CCNC1. The molecule has 1 N–H and O–H groups in total. The first-order valence-electron chi connectivity index (χ1n) is 5.63. The second kappa shape index (κ2) is 5.32. The van der Waals surface area contributed by atoms with Gasteiger partial charge in [0.05, 0.1) is 0 Å². The molecule has 18 heavy (non-hydrogen) atoms. The number of nitrogens with zero attached hydrogens (tertiary/aromatic N) is 1. The number of carbonyl (C=O) groups excluding carboxylic acids is 1. The van der Waals surface area contributed by atoms with Crippen molar-refractivity contribution in [2.75, 3.05) is 20.1 Å². The highest BCUT2D eigenvalue weighted by atomic mass is 79.9. The van der Waals surface area contributed by atoms with Crippen LogP contribution in [0.1, 0.15) is 16.8 Å². The number of nitrogens with one attached hydrogen (secondary N) is 1. The van der Waals surface area contributed by atoms with Crippen LogP contribution >= 0.6 is 15.9 Å². The molecule has 1 aromatic rings. The van der Waals surface area contributed by atoms with Crippen LogP contribution in [0, 0.1) is 11.6 Å². The fourth-order valence-electron chi connectivity index (χ4n) is 2.06. The predicted octanol–water partition coefficient (Wildman–Crippen LogP) is 2.16. The van der Waals surface area contributed by atoms with E-state index >= 15 is 0 Å². The van der Waals surface area contributed by atoms with Gasteiger partial charge < -0.3 is 10.2 Å². The molecular weight excluding hydrogens is 306 g/mol. The summed E-state index contributed by atoms with van der Waals surface area (Å²) >= 11 is 2.98. The minimum absolute atomic E-state index is 0.0139. The summed E-state index contributed by atoms with van der Waals surface area (Å²) in [7, 11) is 1.57. The van der Waals surface area contributed by atoms with Gasteiger partial charge in [-0.1, -0.05) is 15.9 Å². The van der Waals surface area contributed by atoms with E-state index in [0.29, 0.717) is 6.54 Å². The van der Waals surface area contributed by atoms with Crippen molar-refractivity contribution in [3.05, 3.63) is 33.8 Å². The lowest BCUT2D eigenvalue weighted by Crippen LogP contribution is -2.39. The summed E-state index contributed by atoms with van der Waals surface area (Å²) in [5.74, 6) is -2.31. The van der Waals surface area contributed by atoms with Gasteiger partial charge in [0.1, 0.15) is 17.2 Å². The minimum Gasteiger partial charge on any atom is -0.337 e. The normalized spacial score (nSPS) is 19.0. The summed E-state index contributed by atoms with van der Waals surface area (Å²) in [6.45, 7) is 1.47. The largest absolute Gasteiger partial charge is 0.337 e. The Morgan fingerprint density at radius 3 is 2.56 bits per heavy atom. The van der Waals surface area contributed by atoms with E-state index in [1.807, 2.05) is 0 Å². The molecule has 1 heterocycles. The number of amides is 1. The van der Waals surface area contributed by atoms with Crippen molar-refractivity contribution >= 4 is 21.8 Å². The molecule has 1 aliphatic rings. The van der Waals surface area contributed by atoms with Crippen LogP contribution in [0.25, 0.3) is 0 Å². The monoisotopic (exact) mass is 318 g/mol. The fourth-order valence-corrected chi connectivity index (χ4v) is 2.46. The Hall–Kier alpha value is -1.01. The van der Waals surface area contributed by atoms with Crippen LogP contribution in [-0.2, 0) is 0 Å². The van der Waals surface area contributed by atoms with Crippen LogP contribution in [-0.4, -0.2) is 37.0 Å². The molecule has 1 fully saturated rings. The molecule has 0 radical (unpaired) electrons. The molecular formula is C12H13BrF2N2O. The highest BCUT2D eigenvalue weighted by molar-refractivity contribution is 9.10. The number of halogens is 3. The molecule has 98 valence electrons. The molecule has 1 saturated heterocycles. The van der Waals surface area contributed by atoms with Crippen molar-refractivity contribution in [2.24, 2.45) is 0 Å². The quantitative estimate of drug-likeness (QED) is 0.906. The van der Waals surface area contributed by atoms with E-state index in [1.54, 1.807) is 7.05 Å². The smallest absolute Gasteiger partial charge is 0.259 e. The number of hydrogen-bond acceptors (Lipinski definition) is 2. The first-order valence-corrected chi connectivity index (χ1v) is 6.42. The molecule has 6 heteroatoms. The van der Waals surface area contributed by atoms with E-state index in [-0.39, 0.29) is 10.5 Å². The Kier molecular flexibility index (Phi) is 3.97. The molecule has 0 bridgehead atoms. The van der Waals surface area contributed by atoms with Crippen molar-refractivity contribution in [2.45, 2.75) is 12.5 Å². The van der Waals surface area contributed by atoms with Gasteiger partial charge in [-0.05, 0) is 25.1 Å². The van der Waals surface area contributed by atoms with Gasteiger partial charge in [-0.25, -0.2) is 8.78 Å². The van der Waals surface area contributed by atoms with Gasteiger partial charge in [-0.3, -0.25) is 4.79 Å². The Labute approximate surface area is 112 Å². The molecule has 0 spiro atoms. The lowest BCUT2D eigenvalue weighted by atomic mass is 10.1. The molecule has 1 aliphatic heterocycles. The van der Waals surface area contributed by atoms with Crippen molar-refractivity contribution in [3.8, 4) is 0 Å². The third-order valence-corrected chi connectivity index (χ3v) is 3.58. The number of benzene rings is 1. The molecule has 1 atom stereocenters. The first kappa shape index (κ1) is 13.4. The number of carbonyl (C=O) groups is 1. The van der Waals surface area contributed by atoms with E-state index in [0.717, 1.165) is 25.1 Å². The summed E-state index contributed by atoms with van der Waals surface area (Å²) < 4.78 is 27.6. The van der Waals surface area contributed by atoms with Crippen molar-refractivity contribution in [1.29, 1.82) is 0 Å².